The van der Waals surface area contributed by atoms with Gasteiger partial charge in [0.15, 0.2) is 11.6 Å². The fourth-order valence-corrected chi connectivity index (χ4v) is 7.12. The molecule has 8 nitrogen and oxygen atoms in total. The van der Waals surface area contributed by atoms with Crippen molar-refractivity contribution in [2.24, 2.45) is 23.5 Å². The van der Waals surface area contributed by atoms with Gasteiger partial charge in [0.2, 0.25) is 0 Å². The van der Waals surface area contributed by atoms with Crippen LogP contribution in [0.5, 0.6) is 5.75 Å². The lowest BCUT2D eigenvalue weighted by Crippen LogP contribution is -2.47. The van der Waals surface area contributed by atoms with Crippen LogP contribution >= 0.6 is 0 Å². The number of Topliss-reactive ketones (excluding diaryl/α,β-unsaturated/α-hetero) is 2. The maximum Gasteiger partial charge on any atom is 0.255 e. The van der Waals surface area contributed by atoms with Gasteiger partial charge in [-0.3, -0.25) is 14.4 Å². The number of aliphatic hydroxyl groups excluding tert-OH is 1. The number of aromatic hydroxyl groups is 1. The molecule has 6 rings (SSSR count). The Morgan fingerprint density at radius 1 is 1.00 bits per heavy atom. The molecular formula is C34H34N2O6. The van der Waals surface area contributed by atoms with Crippen molar-refractivity contribution >= 4 is 34.0 Å². The minimum atomic E-state index is -1.12. The molecule has 3 aliphatic rings. The van der Waals surface area contributed by atoms with Gasteiger partial charge in [0.1, 0.15) is 22.8 Å². The Balaban J connectivity index is 1.47. The summed E-state index contributed by atoms with van der Waals surface area (Å²) in [5.41, 5.74) is 9.31. The highest BCUT2D eigenvalue weighted by Gasteiger charge is 2.52. The number of amides is 1. The number of hydrogen-bond donors (Lipinski definition) is 4. The van der Waals surface area contributed by atoms with Gasteiger partial charge in [-0.05, 0) is 63.8 Å². The van der Waals surface area contributed by atoms with E-state index in [-0.39, 0.29) is 52.2 Å². The van der Waals surface area contributed by atoms with Gasteiger partial charge in [-0.1, -0.05) is 56.3 Å². The maximum absolute atomic E-state index is 13.8. The number of aliphatic hydroxyl groups is 1. The van der Waals surface area contributed by atoms with E-state index in [0.717, 1.165) is 34.0 Å². The van der Waals surface area contributed by atoms with Crippen molar-refractivity contribution in [1.29, 1.82) is 0 Å². The second-order valence-electron chi connectivity index (χ2n) is 11.8. The summed E-state index contributed by atoms with van der Waals surface area (Å²) in [6, 6.07) is 16.1. The minimum Gasteiger partial charge on any atom is -0.507 e. The molecule has 3 aliphatic carbocycles. The average molecular weight is 567 g/mol. The van der Waals surface area contributed by atoms with E-state index >= 15 is 0 Å². The van der Waals surface area contributed by atoms with Gasteiger partial charge in [0.05, 0.1) is 18.6 Å². The Kier molecular flexibility index (Phi) is 6.89. The smallest absolute Gasteiger partial charge is 0.255 e. The number of allylic oxidation sites excluding steroid dienone is 2. The first-order valence-electron chi connectivity index (χ1n) is 14.3. The number of benzene rings is 3. The predicted molar refractivity (Wildman–Crippen MR) is 159 cm³/mol. The first kappa shape index (κ1) is 27.7. The van der Waals surface area contributed by atoms with Crippen LogP contribution in [-0.4, -0.2) is 40.8 Å². The van der Waals surface area contributed by atoms with E-state index in [0.29, 0.717) is 18.9 Å². The summed E-state index contributed by atoms with van der Waals surface area (Å²) in [4.78, 5) is 39.2. The number of methoxy groups -OCH3 is 1. The molecule has 3 aromatic rings. The van der Waals surface area contributed by atoms with Gasteiger partial charge in [0, 0.05) is 24.6 Å². The maximum atomic E-state index is 13.8. The number of carbonyl (C=O) groups is 3. The van der Waals surface area contributed by atoms with E-state index in [1.54, 1.807) is 0 Å². The molecule has 0 spiro atoms. The Bertz CT molecular complexity index is 1730. The predicted octanol–water partition coefficient (Wildman–Crippen LogP) is 4.72. The molecule has 1 unspecified atom stereocenters. The van der Waals surface area contributed by atoms with Gasteiger partial charge >= 0.3 is 0 Å². The molecule has 0 bridgehead atoms. The number of phenolic OH excluding ortho intramolecular Hbond substituents is 1. The lowest BCUT2D eigenvalue weighted by molar-refractivity contribution is -0.135. The molecule has 1 fully saturated rings. The lowest BCUT2D eigenvalue weighted by atomic mass is 9.61. The first-order valence-corrected chi connectivity index (χ1v) is 14.3. The van der Waals surface area contributed by atoms with Crippen LogP contribution in [0.1, 0.15) is 43.4 Å². The summed E-state index contributed by atoms with van der Waals surface area (Å²) in [7, 11) is 1.38. The third-order valence-electron chi connectivity index (χ3n) is 9.00. The van der Waals surface area contributed by atoms with Gasteiger partial charge < -0.3 is 26.0 Å². The summed E-state index contributed by atoms with van der Waals surface area (Å²) < 4.78 is 5.35. The summed E-state index contributed by atoms with van der Waals surface area (Å²) in [5, 5.41) is 28.2. The van der Waals surface area contributed by atoms with Crippen molar-refractivity contribution < 1.29 is 29.3 Å². The number of rotatable bonds is 6. The Morgan fingerprint density at radius 2 is 1.71 bits per heavy atom. The van der Waals surface area contributed by atoms with Crippen LogP contribution < -0.4 is 11.1 Å². The van der Waals surface area contributed by atoms with Crippen molar-refractivity contribution in [2.45, 2.75) is 45.7 Å². The van der Waals surface area contributed by atoms with Crippen LogP contribution in [0.2, 0.25) is 0 Å². The van der Waals surface area contributed by atoms with Gasteiger partial charge in [0.25, 0.3) is 5.91 Å². The van der Waals surface area contributed by atoms with Crippen molar-refractivity contribution in [3.8, 4) is 16.9 Å². The Labute approximate surface area is 243 Å². The number of fused-ring (bicyclic) bond motifs is 4. The van der Waals surface area contributed by atoms with Gasteiger partial charge in [-0.25, -0.2) is 0 Å². The Morgan fingerprint density at radius 3 is 2.40 bits per heavy atom. The number of hydrogen-bond acceptors (Lipinski definition) is 7. The number of carbonyl (C=O) groups excluding carboxylic acids is 3. The van der Waals surface area contributed by atoms with E-state index in [1.165, 1.54) is 18.7 Å². The van der Waals surface area contributed by atoms with E-state index in [1.807, 2.05) is 18.2 Å². The molecule has 0 aliphatic heterocycles. The highest BCUT2D eigenvalue weighted by Crippen LogP contribution is 2.51. The zero-order valence-electron chi connectivity index (χ0n) is 23.9. The molecule has 216 valence electrons. The largest absolute Gasteiger partial charge is 0.507 e. The molecule has 1 saturated carbocycles. The SMILES string of the molecule is COC1=C(C(N)=O)C(=O)C2C(=O)C3=C(O)c4c(O)ccc(-c5ccc(CNC(C)C)c6ccccc56)c4C[C@H]3C[C@H]2C1. The van der Waals surface area contributed by atoms with Crippen molar-refractivity contribution in [2.75, 3.05) is 7.11 Å². The summed E-state index contributed by atoms with van der Waals surface area (Å²) in [5.74, 6) is -4.23. The highest BCUT2D eigenvalue weighted by molar-refractivity contribution is 6.28. The molecule has 0 saturated heterocycles. The molecule has 5 N–H and O–H groups in total. The number of nitrogens with two attached hydrogens (primary N) is 1. The van der Waals surface area contributed by atoms with Crippen LogP contribution in [0.25, 0.3) is 27.7 Å². The molecule has 8 heteroatoms. The van der Waals surface area contributed by atoms with E-state index in [2.05, 4.69) is 43.4 Å². The summed E-state index contributed by atoms with van der Waals surface area (Å²) >= 11 is 0. The molecular weight excluding hydrogens is 532 g/mol. The summed E-state index contributed by atoms with van der Waals surface area (Å²) in [6.07, 6.45) is 1.08. The quantitative estimate of drug-likeness (QED) is 0.250. The normalized spacial score (nSPS) is 21.9. The zero-order chi connectivity index (χ0) is 29.9. The zero-order valence-corrected chi connectivity index (χ0v) is 23.9. The second-order valence-corrected chi connectivity index (χ2v) is 11.8. The Hall–Kier alpha value is -4.43. The molecule has 3 aromatic carbocycles. The number of ketones is 2. The number of phenols is 1. The fraction of sp³-hybridized carbons (Fsp3) is 0.324. The lowest BCUT2D eigenvalue weighted by Gasteiger charge is -2.41. The van der Waals surface area contributed by atoms with Crippen molar-refractivity contribution in [1.82, 2.24) is 5.32 Å². The van der Waals surface area contributed by atoms with E-state index in [4.69, 9.17) is 10.5 Å². The monoisotopic (exact) mass is 566 g/mol. The van der Waals surface area contributed by atoms with E-state index in [9.17, 15) is 24.6 Å². The highest BCUT2D eigenvalue weighted by atomic mass is 16.5. The minimum absolute atomic E-state index is 0.134. The van der Waals surface area contributed by atoms with Crippen molar-refractivity contribution in [3.63, 3.8) is 0 Å². The molecule has 3 atom stereocenters. The number of nitrogens with one attached hydrogen (secondary N) is 1. The third kappa shape index (κ3) is 4.29. The molecule has 1 amide bonds. The number of primary amides is 1. The van der Waals surface area contributed by atoms with E-state index < -0.39 is 23.4 Å². The topological polar surface area (TPSA) is 139 Å². The number of ether oxygens (including phenoxy) is 1. The molecule has 42 heavy (non-hydrogen) atoms. The van der Waals surface area contributed by atoms with Gasteiger partial charge in [-0.15, -0.1) is 0 Å². The fourth-order valence-electron chi connectivity index (χ4n) is 7.12. The molecule has 0 aromatic heterocycles. The standard InChI is InChI=1S/C34H34N2O6/c1-16(2)36-15-17-8-9-22(21-7-5-4-6-20(17)21)23-10-11-25(37)29-24(23)13-18-12-19-14-26(42-3)30(34(35)41)33(40)28(19)31(38)27(18)32(29)39/h4-11,16,18-19,28,36-37,39H,12-15H2,1-3H3,(H2,35,41)/t18-,19+,28?/m1/s1. The second kappa shape index (κ2) is 10.4. The molecule has 0 heterocycles. The van der Waals surface area contributed by atoms with Crippen LogP contribution in [-0.2, 0) is 32.1 Å². The van der Waals surface area contributed by atoms with Crippen LogP contribution in [0.15, 0.2) is 65.4 Å². The van der Waals surface area contributed by atoms with Crippen LogP contribution in [0.4, 0.5) is 0 Å². The summed E-state index contributed by atoms with van der Waals surface area (Å²) in [6.45, 7) is 4.94. The van der Waals surface area contributed by atoms with Crippen molar-refractivity contribution in [3.05, 3.63) is 82.1 Å². The van der Waals surface area contributed by atoms with Gasteiger partial charge in [-0.2, -0.15) is 0 Å². The third-order valence-corrected chi connectivity index (χ3v) is 9.00. The average Bonchev–Trinajstić information content (AvgIpc) is 2.95. The van der Waals surface area contributed by atoms with Crippen LogP contribution in [0, 0.1) is 17.8 Å². The first-order chi connectivity index (χ1) is 20.1. The van der Waals surface area contributed by atoms with Crippen LogP contribution in [0.3, 0.4) is 0 Å². The molecule has 0 radical (unpaired) electrons.